The molecule has 1 N–H and O–H groups in total. The van der Waals surface area contributed by atoms with E-state index in [1.54, 1.807) is 22.9 Å². The topological polar surface area (TPSA) is 37.3 Å². The quantitative estimate of drug-likeness (QED) is 0.479. The second kappa shape index (κ2) is 6.55. The molecule has 4 aliphatic carbocycles. The summed E-state index contributed by atoms with van der Waals surface area (Å²) in [6.07, 6.45) is 12.2. The number of aliphatic hydroxyl groups excluding tert-OH is 1. The van der Waals surface area contributed by atoms with E-state index in [1.807, 2.05) is 29.5 Å². The smallest absolute Gasteiger partial charge is 0.178 e. The summed E-state index contributed by atoms with van der Waals surface area (Å²) in [6.45, 7) is 4.19. The lowest BCUT2D eigenvalue weighted by Gasteiger charge is -2.63. The molecule has 0 heterocycles. The number of carbonyl (C=O) groups excluding carboxylic acids is 1. The Hall–Kier alpha value is 0.0900. The van der Waals surface area contributed by atoms with Crippen LogP contribution in [0.2, 0.25) is 0 Å². The average Bonchev–Trinajstić information content (AvgIpc) is 2.90. The van der Waals surface area contributed by atoms with Crippen molar-refractivity contribution in [2.75, 3.05) is 12.5 Å². The third-order valence-corrected chi connectivity index (χ3v) is 13.1. The van der Waals surface area contributed by atoms with Gasteiger partial charge < -0.3 is 5.11 Å². The maximum absolute atomic E-state index is 16.9. The molecule has 3 fully saturated rings. The molecule has 7 atom stereocenters. The van der Waals surface area contributed by atoms with E-state index >= 15 is 4.39 Å². The zero-order chi connectivity index (χ0) is 19.7. The standard InChI is InChI=1S/C21H29FO2S3/c1-18-9-7-14(23)11-13(18)5-6-16-15-8-10-20(25-3,27-26-4)19(15,2)12-17(24)21(16,18)22/h7,9,11,15-17,24H,5-6,8,10,12H2,1-4H3/t15-,16-,17-,18-,19-,20+,21-/m0/s1. The van der Waals surface area contributed by atoms with Crippen LogP contribution in [0, 0.1) is 22.7 Å². The van der Waals surface area contributed by atoms with Crippen LogP contribution in [-0.4, -0.2) is 39.3 Å². The number of hydrogen-bond donors (Lipinski definition) is 1. The minimum Gasteiger partial charge on any atom is -0.390 e. The first-order chi connectivity index (χ1) is 12.7. The fourth-order valence-corrected chi connectivity index (χ4v) is 11.8. The van der Waals surface area contributed by atoms with Gasteiger partial charge in [-0.05, 0) is 75.0 Å². The third kappa shape index (κ3) is 2.42. The highest BCUT2D eigenvalue weighted by Crippen LogP contribution is 2.74. The van der Waals surface area contributed by atoms with Crippen molar-refractivity contribution in [1.29, 1.82) is 0 Å². The van der Waals surface area contributed by atoms with E-state index in [1.165, 1.54) is 6.08 Å². The second-order valence-corrected chi connectivity index (χ2v) is 13.1. The molecular weight excluding hydrogens is 399 g/mol. The summed E-state index contributed by atoms with van der Waals surface area (Å²) in [5.74, 6) is 0.0448. The Kier molecular flexibility index (Phi) is 4.94. The van der Waals surface area contributed by atoms with Crippen LogP contribution in [0.5, 0.6) is 0 Å². The highest BCUT2D eigenvalue weighted by molar-refractivity contribution is 8.78. The normalized spacial score (nSPS) is 51.4. The Morgan fingerprint density at radius 2 is 1.96 bits per heavy atom. The molecule has 0 saturated heterocycles. The molecule has 3 saturated carbocycles. The molecule has 2 nitrogen and oxygen atoms in total. The minimum absolute atomic E-state index is 0.0226. The largest absolute Gasteiger partial charge is 0.390 e. The van der Waals surface area contributed by atoms with Crippen molar-refractivity contribution in [3.63, 3.8) is 0 Å². The first kappa shape index (κ1) is 20.4. The zero-order valence-corrected chi connectivity index (χ0v) is 18.9. The molecule has 6 heteroatoms. The Balaban J connectivity index is 1.80. The zero-order valence-electron chi connectivity index (χ0n) is 16.5. The fraction of sp³-hybridized carbons (Fsp3) is 0.762. The van der Waals surface area contributed by atoms with Gasteiger partial charge >= 0.3 is 0 Å². The summed E-state index contributed by atoms with van der Waals surface area (Å²) < 4.78 is 17.0. The van der Waals surface area contributed by atoms with Crippen molar-refractivity contribution >= 4 is 39.1 Å². The van der Waals surface area contributed by atoms with Crippen LogP contribution in [0.15, 0.2) is 23.8 Å². The summed E-state index contributed by atoms with van der Waals surface area (Å²) in [6, 6.07) is 0. The van der Waals surface area contributed by atoms with Crippen LogP contribution < -0.4 is 0 Å². The number of hydrogen-bond acceptors (Lipinski definition) is 5. The number of halogens is 1. The number of alkyl halides is 1. The Morgan fingerprint density at radius 3 is 2.63 bits per heavy atom. The number of thioether (sulfide) groups is 1. The number of allylic oxidation sites excluding steroid dienone is 4. The number of rotatable bonds is 3. The lowest BCUT2D eigenvalue weighted by molar-refractivity contribution is -0.189. The summed E-state index contributed by atoms with van der Waals surface area (Å²) in [5, 5.41) is 11.3. The Bertz CT molecular complexity index is 724. The molecule has 0 bridgehead atoms. The van der Waals surface area contributed by atoms with E-state index in [4.69, 9.17) is 0 Å². The summed E-state index contributed by atoms with van der Waals surface area (Å²) in [5.41, 5.74) is -1.80. The van der Waals surface area contributed by atoms with Gasteiger partial charge in [-0.15, -0.1) is 11.8 Å². The SMILES string of the molecule is CSS[C@]1(SC)CC[C@H]2[C@@H]3CCC4=CC(=O)C=C[C@]4(C)[C@@]3(F)[C@@H](O)C[C@@]21C. The molecule has 0 radical (unpaired) electrons. The van der Waals surface area contributed by atoms with Crippen LogP contribution in [0.4, 0.5) is 4.39 Å². The van der Waals surface area contributed by atoms with E-state index < -0.39 is 17.2 Å². The van der Waals surface area contributed by atoms with Crippen molar-refractivity contribution in [3.05, 3.63) is 23.8 Å². The monoisotopic (exact) mass is 428 g/mol. The minimum atomic E-state index is -1.70. The van der Waals surface area contributed by atoms with E-state index in [-0.39, 0.29) is 27.1 Å². The molecule has 0 aromatic carbocycles. The van der Waals surface area contributed by atoms with Crippen molar-refractivity contribution in [2.45, 2.75) is 61.8 Å². The molecule has 150 valence electrons. The molecular formula is C21H29FO2S3. The summed E-state index contributed by atoms with van der Waals surface area (Å²) in [7, 11) is 3.70. The molecule has 0 aromatic rings. The summed E-state index contributed by atoms with van der Waals surface area (Å²) in [4.78, 5) is 11.9. The number of fused-ring (bicyclic) bond motifs is 5. The molecule has 0 aliphatic heterocycles. The van der Waals surface area contributed by atoms with Crippen LogP contribution in [0.1, 0.15) is 46.0 Å². The van der Waals surface area contributed by atoms with Gasteiger partial charge in [0, 0.05) is 11.3 Å². The van der Waals surface area contributed by atoms with E-state index in [9.17, 15) is 9.90 Å². The van der Waals surface area contributed by atoms with E-state index in [0.29, 0.717) is 6.42 Å². The van der Waals surface area contributed by atoms with Crippen molar-refractivity contribution in [1.82, 2.24) is 0 Å². The van der Waals surface area contributed by atoms with Gasteiger partial charge in [0.1, 0.15) is 0 Å². The molecule has 0 unspecified atom stereocenters. The van der Waals surface area contributed by atoms with Gasteiger partial charge in [-0.2, -0.15) is 0 Å². The first-order valence-electron chi connectivity index (χ1n) is 9.77. The van der Waals surface area contributed by atoms with E-state index in [0.717, 1.165) is 31.3 Å². The maximum Gasteiger partial charge on any atom is 0.178 e. The van der Waals surface area contributed by atoms with Gasteiger partial charge in [0.2, 0.25) is 0 Å². The van der Waals surface area contributed by atoms with Crippen molar-refractivity contribution in [2.24, 2.45) is 22.7 Å². The molecule has 0 spiro atoms. The van der Waals surface area contributed by atoms with Gasteiger partial charge in [0.25, 0.3) is 0 Å². The average molecular weight is 429 g/mol. The molecule has 0 amide bonds. The molecule has 4 aliphatic rings. The Morgan fingerprint density at radius 1 is 1.22 bits per heavy atom. The summed E-state index contributed by atoms with van der Waals surface area (Å²) >= 11 is 1.89. The number of carbonyl (C=O) groups is 1. The van der Waals surface area contributed by atoms with Crippen molar-refractivity contribution in [3.8, 4) is 0 Å². The molecule has 4 rings (SSSR count). The highest BCUT2D eigenvalue weighted by atomic mass is 33.1. The van der Waals surface area contributed by atoms with Gasteiger partial charge in [0.15, 0.2) is 11.5 Å². The lowest BCUT2D eigenvalue weighted by Crippen LogP contribution is -2.67. The second-order valence-electron chi connectivity index (χ2n) is 9.01. The van der Waals surface area contributed by atoms with E-state index in [2.05, 4.69) is 19.4 Å². The van der Waals surface area contributed by atoms with Crippen molar-refractivity contribution < 1.29 is 14.3 Å². The number of aliphatic hydroxyl groups is 1. The predicted molar refractivity (Wildman–Crippen MR) is 116 cm³/mol. The maximum atomic E-state index is 16.9. The number of ketones is 1. The third-order valence-electron chi connectivity index (χ3n) is 8.23. The molecule has 0 aromatic heterocycles. The first-order valence-corrected chi connectivity index (χ1v) is 13.5. The van der Waals surface area contributed by atoms with Crippen LogP contribution in [-0.2, 0) is 4.79 Å². The predicted octanol–water partition coefficient (Wildman–Crippen LogP) is 5.43. The Labute approximate surface area is 174 Å². The molecule has 27 heavy (non-hydrogen) atoms. The lowest BCUT2D eigenvalue weighted by atomic mass is 9.46. The van der Waals surface area contributed by atoms with Crippen LogP contribution in [0.3, 0.4) is 0 Å². The highest BCUT2D eigenvalue weighted by Gasteiger charge is 2.73. The van der Waals surface area contributed by atoms with Gasteiger partial charge in [0.05, 0.1) is 10.2 Å². The fourth-order valence-electron chi connectivity index (χ4n) is 6.80. The van der Waals surface area contributed by atoms with Gasteiger partial charge in [-0.1, -0.05) is 40.2 Å². The van der Waals surface area contributed by atoms with Gasteiger partial charge in [-0.3, -0.25) is 4.79 Å². The van der Waals surface area contributed by atoms with Crippen LogP contribution in [0.25, 0.3) is 0 Å². The van der Waals surface area contributed by atoms with Gasteiger partial charge in [-0.25, -0.2) is 4.39 Å². The van der Waals surface area contributed by atoms with Crippen LogP contribution >= 0.6 is 33.3 Å².